The van der Waals surface area contributed by atoms with Crippen molar-refractivity contribution in [3.63, 3.8) is 0 Å². The molecule has 3 aromatic carbocycles. The number of likely N-dealkylation sites (N-methyl/N-ethyl adjacent to an activating group) is 1. The van der Waals surface area contributed by atoms with Crippen LogP contribution in [0, 0.1) is 25.6 Å². The fourth-order valence-corrected chi connectivity index (χ4v) is 10.5. The molecule has 0 amide bonds. The Bertz CT molecular complexity index is 2720. The largest absolute Gasteiger partial charge is 0.490 e. The van der Waals surface area contributed by atoms with Gasteiger partial charge >= 0.3 is 5.97 Å². The lowest BCUT2D eigenvalue weighted by Gasteiger charge is -2.40. The fraction of sp³-hybridized carbons (Fsp3) is 0.396. The number of ether oxygens (including phenoxy) is 4. The Labute approximate surface area is 396 Å². The number of aliphatic carboxylic acids is 1. The maximum Gasteiger partial charge on any atom is 0.345 e. The molecular formula is C48H51Cl2FN8O6S. The van der Waals surface area contributed by atoms with Gasteiger partial charge in [-0.15, -0.1) is 11.3 Å². The number of benzene rings is 3. The number of carboxylic acid groups (broad SMARTS) is 1. The molecule has 4 bridgehead atoms. The summed E-state index contributed by atoms with van der Waals surface area (Å²) in [5, 5.41) is 11.9. The Morgan fingerprint density at radius 1 is 0.970 bits per heavy atom. The highest BCUT2D eigenvalue weighted by molar-refractivity contribution is 7.22. The molecule has 0 saturated carbocycles. The van der Waals surface area contributed by atoms with E-state index in [1.54, 1.807) is 36.5 Å². The molecule has 2 unspecified atom stereocenters. The number of aromatic nitrogens is 4. The summed E-state index contributed by atoms with van der Waals surface area (Å²) in [6.07, 6.45) is 0.970. The van der Waals surface area contributed by atoms with Gasteiger partial charge in [0.1, 0.15) is 47.8 Å². The first kappa shape index (κ1) is 45.8. The first-order chi connectivity index (χ1) is 31.8. The number of carboxylic acids is 1. The normalized spacial score (nSPS) is 18.4. The Kier molecular flexibility index (Phi) is 13.5. The van der Waals surface area contributed by atoms with Gasteiger partial charge in [0, 0.05) is 86.9 Å². The summed E-state index contributed by atoms with van der Waals surface area (Å²) in [4.78, 5) is 42.0. The van der Waals surface area contributed by atoms with E-state index in [0.717, 1.165) is 45.8 Å². The van der Waals surface area contributed by atoms with Crippen molar-refractivity contribution < 1.29 is 33.2 Å². The topological polar surface area (TPSA) is 139 Å². The summed E-state index contributed by atoms with van der Waals surface area (Å²) in [5.74, 6) is 0.837. The van der Waals surface area contributed by atoms with Gasteiger partial charge < -0.3 is 38.8 Å². The number of thiophene rings is 1. The van der Waals surface area contributed by atoms with E-state index in [9.17, 15) is 14.3 Å². The van der Waals surface area contributed by atoms with Gasteiger partial charge in [0.25, 0.3) is 0 Å². The Morgan fingerprint density at radius 3 is 2.42 bits per heavy atom. The van der Waals surface area contributed by atoms with Crippen LogP contribution in [0.4, 0.5) is 10.3 Å². The predicted molar refractivity (Wildman–Crippen MR) is 254 cm³/mol. The van der Waals surface area contributed by atoms with Crippen molar-refractivity contribution in [2.24, 2.45) is 5.92 Å². The first-order valence-corrected chi connectivity index (χ1v) is 23.5. The van der Waals surface area contributed by atoms with Gasteiger partial charge in [-0.1, -0.05) is 35.3 Å². The van der Waals surface area contributed by atoms with Crippen LogP contribution in [0.3, 0.4) is 0 Å². The van der Waals surface area contributed by atoms with Crippen LogP contribution in [0.25, 0.3) is 31.8 Å². The van der Waals surface area contributed by atoms with Gasteiger partial charge in [0.05, 0.1) is 21.1 Å². The van der Waals surface area contributed by atoms with E-state index in [0.29, 0.717) is 99.9 Å². The van der Waals surface area contributed by atoms with E-state index in [-0.39, 0.29) is 25.5 Å². The molecule has 6 aromatic rings. The van der Waals surface area contributed by atoms with Crippen LogP contribution in [0.15, 0.2) is 61.1 Å². The number of hydrogen-bond acceptors (Lipinski definition) is 14. The number of fused-ring (bicyclic) bond motifs is 7. The van der Waals surface area contributed by atoms with Crippen molar-refractivity contribution in [3.8, 4) is 44.7 Å². The van der Waals surface area contributed by atoms with Crippen LogP contribution < -0.4 is 23.8 Å². The second-order valence-corrected chi connectivity index (χ2v) is 19.3. The quantitative estimate of drug-likeness (QED) is 0.142. The first-order valence-electron chi connectivity index (χ1n) is 21.9. The van der Waals surface area contributed by atoms with Gasteiger partial charge in [-0.2, -0.15) is 0 Å². The van der Waals surface area contributed by atoms with Crippen LogP contribution >= 0.6 is 34.5 Å². The van der Waals surface area contributed by atoms with Crippen molar-refractivity contribution >= 4 is 56.7 Å². The lowest BCUT2D eigenvalue weighted by atomic mass is 9.92. The van der Waals surface area contributed by atoms with Crippen LogP contribution in [0.1, 0.15) is 22.4 Å². The van der Waals surface area contributed by atoms with Crippen molar-refractivity contribution in [2.45, 2.75) is 39.1 Å². The van der Waals surface area contributed by atoms with Gasteiger partial charge in [-0.25, -0.2) is 29.1 Å². The second kappa shape index (κ2) is 19.5. The lowest BCUT2D eigenvalue weighted by molar-refractivity contribution is -0.145. The zero-order chi connectivity index (χ0) is 46.2. The van der Waals surface area contributed by atoms with E-state index in [2.05, 4.69) is 55.7 Å². The molecule has 7 heterocycles. The minimum absolute atomic E-state index is 0.0390. The average molecular weight is 958 g/mol. The van der Waals surface area contributed by atoms with Crippen LogP contribution in [-0.4, -0.2) is 138 Å². The SMILES string of the molecule is Cc1c(Cl)c2c(Cl)c(C)c1-c1c(-c3ccc(F)cc3)sc3ncnc(c13)OC(C(=O)O)Cc1cc(ccc1OCc1ccnc(N3CC(CN(C)C)C3)n1)OCC(CN1CCN(C)CC1)O2. The summed E-state index contributed by atoms with van der Waals surface area (Å²) in [5.41, 5.74) is 4.50. The Balaban J connectivity index is 1.13. The number of carbonyl (C=O) groups is 1. The number of nitrogens with zero attached hydrogens (tertiary/aromatic N) is 8. The van der Waals surface area contributed by atoms with Gasteiger partial charge in [0.15, 0.2) is 5.75 Å². The van der Waals surface area contributed by atoms with Crippen molar-refractivity contribution in [3.05, 3.63) is 99.3 Å². The minimum atomic E-state index is -1.45. The van der Waals surface area contributed by atoms with Crippen molar-refractivity contribution in [1.82, 2.24) is 34.6 Å². The van der Waals surface area contributed by atoms with E-state index in [1.807, 2.05) is 19.9 Å². The maximum atomic E-state index is 14.4. The second-order valence-electron chi connectivity index (χ2n) is 17.5. The third-order valence-corrected chi connectivity index (χ3v) is 14.4. The molecule has 1 N–H and O–H groups in total. The van der Waals surface area contributed by atoms with E-state index >= 15 is 0 Å². The molecule has 0 radical (unpaired) electrons. The zero-order valence-electron chi connectivity index (χ0n) is 37.4. The van der Waals surface area contributed by atoms with E-state index in [4.69, 9.17) is 47.1 Å². The maximum absolute atomic E-state index is 14.4. The number of piperazine rings is 1. The third kappa shape index (κ3) is 9.71. The standard InChI is InChI=1S/C48H51Cl2FN8O6S/c1-27-38-28(2)42(50)43(41(27)49)64-35(23-58-16-14-57(5)15-17-58)25-62-34-10-11-36(63-24-33-12-13-52-48(55-33)59-21-29(22-59)20-56(3)4)31(18-34)19-37(47(60)61)65-45-40-39(38)44(66-46(40)54-26-53-45)30-6-8-32(51)9-7-30/h6-13,18,26,29,35,37H,14-17,19-25H2,1-5H3,(H,60,61). The predicted octanol–water partition coefficient (Wildman–Crippen LogP) is 7.92. The molecule has 4 aliphatic heterocycles. The summed E-state index contributed by atoms with van der Waals surface area (Å²) < 4.78 is 40.7. The molecular weight excluding hydrogens is 907 g/mol. The molecule has 10 rings (SSSR count). The Hall–Kier alpha value is -5.36. The molecule has 66 heavy (non-hydrogen) atoms. The number of halogens is 3. The highest BCUT2D eigenvalue weighted by atomic mass is 35.5. The zero-order valence-corrected chi connectivity index (χ0v) is 39.7. The molecule has 0 spiro atoms. The van der Waals surface area contributed by atoms with Gasteiger partial charge in [0.2, 0.25) is 17.9 Å². The van der Waals surface area contributed by atoms with Crippen LogP contribution in [-0.2, 0) is 17.8 Å². The molecule has 2 saturated heterocycles. The smallest absolute Gasteiger partial charge is 0.345 e. The molecule has 2 fully saturated rings. The van der Waals surface area contributed by atoms with Crippen LogP contribution in [0.2, 0.25) is 10.0 Å². The number of rotatable bonds is 10. The highest BCUT2D eigenvalue weighted by Crippen LogP contribution is 2.53. The molecule has 2 atom stereocenters. The molecule has 4 aliphatic rings. The van der Waals surface area contributed by atoms with E-state index < -0.39 is 24.0 Å². The molecule has 3 aromatic heterocycles. The van der Waals surface area contributed by atoms with Crippen molar-refractivity contribution in [2.75, 3.05) is 85.0 Å². The third-order valence-electron chi connectivity index (χ3n) is 12.3. The summed E-state index contributed by atoms with van der Waals surface area (Å²) in [7, 11) is 6.25. The molecule has 0 aliphatic carbocycles. The molecule has 18 heteroatoms. The molecule has 14 nitrogen and oxygen atoms in total. The summed E-state index contributed by atoms with van der Waals surface area (Å²) >= 11 is 16.0. The number of anilines is 1. The summed E-state index contributed by atoms with van der Waals surface area (Å²) in [6.45, 7) is 10.8. The lowest BCUT2D eigenvalue weighted by Crippen LogP contribution is -2.51. The minimum Gasteiger partial charge on any atom is -0.490 e. The van der Waals surface area contributed by atoms with Gasteiger partial charge in [-0.05, 0) is 93.6 Å². The Morgan fingerprint density at radius 2 is 1.71 bits per heavy atom. The van der Waals surface area contributed by atoms with E-state index in [1.165, 1.54) is 29.8 Å². The van der Waals surface area contributed by atoms with Gasteiger partial charge in [-0.3, -0.25) is 4.90 Å². The van der Waals surface area contributed by atoms with Crippen LogP contribution in [0.5, 0.6) is 23.1 Å². The number of hydrogen-bond donors (Lipinski definition) is 1. The highest BCUT2D eigenvalue weighted by Gasteiger charge is 2.33. The average Bonchev–Trinajstić information content (AvgIpc) is 3.67. The fourth-order valence-electron chi connectivity index (χ4n) is 8.85. The van der Waals surface area contributed by atoms with Crippen molar-refractivity contribution in [1.29, 1.82) is 0 Å². The summed E-state index contributed by atoms with van der Waals surface area (Å²) in [6, 6.07) is 13.3. The molecule has 346 valence electrons. The monoisotopic (exact) mass is 956 g/mol.